The van der Waals surface area contributed by atoms with Crippen LogP contribution in [0.15, 0.2) is 33.7 Å². The van der Waals surface area contributed by atoms with Crippen LogP contribution in [-0.2, 0) is 17.8 Å². The van der Waals surface area contributed by atoms with Crippen LogP contribution in [0, 0.1) is 0 Å². The van der Waals surface area contributed by atoms with Gasteiger partial charge in [-0.1, -0.05) is 0 Å². The third kappa shape index (κ3) is 5.16. The summed E-state index contributed by atoms with van der Waals surface area (Å²) >= 11 is 3.36. The lowest BCUT2D eigenvalue weighted by molar-refractivity contribution is -0.134. The molecule has 0 aromatic carbocycles. The van der Waals surface area contributed by atoms with E-state index in [2.05, 4.69) is 45.0 Å². The minimum Gasteiger partial charge on any atom is -0.335 e. The molecule has 142 valence electrons. The molecule has 1 amide bonds. The zero-order valence-corrected chi connectivity index (χ0v) is 17.1. The average molecular weight is 392 g/mol. The molecule has 1 fully saturated rings. The van der Waals surface area contributed by atoms with Crippen molar-refractivity contribution in [2.45, 2.75) is 51.2 Å². The lowest BCUT2D eigenvalue weighted by atomic mass is 9.99. The molecule has 0 aliphatic carbocycles. The van der Waals surface area contributed by atoms with E-state index in [-0.39, 0.29) is 5.91 Å². The molecule has 1 aliphatic heterocycles. The zero-order chi connectivity index (χ0) is 18.4. The predicted molar refractivity (Wildman–Crippen MR) is 111 cm³/mol. The van der Waals surface area contributed by atoms with Crippen LogP contribution in [0.1, 0.15) is 37.3 Å². The molecule has 1 saturated heterocycles. The lowest BCUT2D eigenvalue weighted by Crippen LogP contribution is -2.49. The highest BCUT2D eigenvalue weighted by Crippen LogP contribution is 2.23. The Morgan fingerprint density at radius 2 is 1.88 bits per heavy atom. The largest absolute Gasteiger partial charge is 0.335 e. The zero-order valence-electron chi connectivity index (χ0n) is 15.5. The highest BCUT2D eigenvalue weighted by Gasteiger charge is 2.29. The van der Waals surface area contributed by atoms with Crippen molar-refractivity contribution in [2.75, 3.05) is 19.6 Å². The highest BCUT2D eigenvalue weighted by atomic mass is 32.1. The molecule has 0 spiro atoms. The standard InChI is InChI=1S/C20H29N3OS2/c1-16(2-7-21)22-8-3-19(4-9-22)23(13-18-6-11-26-15-18)20(24)12-17-5-10-25-14-17/h5-6,10-11,14-16,19H,2-4,7-9,12-13,21H2,1H3. The fourth-order valence-corrected chi connectivity index (χ4v) is 5.06. The summed E-state index contributed by atoms with van der Waals surface area (Å²) < 4.78 is 0. The molecule has 1 atom stereocenters. The van der Waals surface area contributed by atoms with Crippen LogP contribution in [0.25, 0.3) is 0 Å². The van der Waals surface area contributed by atoms with Crippen molar-refractivity contribution in [2.24, 2.45) is 5.73 Å². The van der Waals surface area contributed by atoms with Crippen LogP contribution < -0.4 is 5.73 Å². The van der Waals surface area contributed by atoms with Gasteiger partial charge in [0.05, 0.1) is 6.42 Å². The molecule has 26 heavy (non-hydrogen) atoms. The summed E-state index contributed by atoms with van der Waals surface area (Å²) in [6, 6.07) is 5.06. The molecule has 0 bridgehead atoms. The number of rotatable bonds is 8. The molecule has 1 unspecified atom stereocenters. The van der Waals surface area contributed by atoms with E-state index in [1.807, 2.05) is 5.38 Å². The molecular weight excluding hydrogens is 362 g/mol. The summed E-state index contributed by atoms with van der Waals surface area (Å²) in [7, 11) is 0. The van der Waals surface area contributed by atoms with Gasteiger partial charge >= 0.3 is 0 Å². The molecule has 6 heteroatoms. The minimum absolute atomic E-state index is 0.253. The average Bonchev–Trinajstić information content (AvgIpc) is 3.34. The van der Waals surface area contributed by atoms with Gasteiger partial charge in [0.15, 0.2) is 0 Å². The fraction of sp³-hybridized carbons (Fsp3) is 0.550. The molecule has 2 aromatic rings. The van der Waals surface area contributed by atoms with Crippen LogP contribution in [0.2, 0.25) is 0 Å². The first-order chi connectivity index (χ1) is 12.7. The summed E-state index contributed by atoms with van der Waals surface area (Å²) in [4.78, 5) is 17.7. The maximum Gasteiger partial charge on any atom is 0.227 e. The maximum absolute atomic E-state index is 13.1. The van der Waals surface area contributed by atoms with E-state index >= 15 is 0 Å². The molecule has 2 N–H and O–H groups in total. The van der Waals surface area contributed by atoms with Crippen LogP contribution in [0.4, 0.5) is 0 Å². The first kappa shape index (κ1) is 19.5. The van der Waals surface area contributed by atoms with Gasteiger partial charge in [0.2, 0.25) is 5.91 Å². The Bertz CT molecular complexity index is 649. The summed E-state index contributed by atoms with van der Waals surface area (Å²) in [5, 5.41) is 8.37. The smallest absolute Gasteiger partial charge is 0.227 e. The van der Waals surface area contributed by atoms with Gasteiger partial charge in [0.25, 0.3) is 0 Å². The minimum atomic E-state index is 0.253. The van der Waals surface area contributed by atoms with Crippen molar-refractivity contribution in [3.05, 3.63) is 44.8 Å². The van der Waals surface area contributed by atoms with Crippen LogP contribution in [0.3, 0.4) is 0 Å². The molecule has 3 rings (SSSR count). The quantitative estimate of drug-likeness (QED) is 0.748. The van der Waals surface area contributed by atoms with E-state index in [0.717, 1.165) is 51.0 Å². The van der Waals surface area contributed by atoms with Crippen molar-refractivity contribution in [3.8, 4) is 0 Å². The van der Waals surface area contributed by atoms with Crippen molar-refractivity contribution < 1.29 is 4.79 Å². The summed E-state index contributed by atoms with van der Waals surface area (Å²) in [5.74, 6) is 0.253. The second-order valence-corrected chi connectivity index (χ2v) is 8.72. The number of hydrogen-bond acceptors (Lipinski definition) is 5. The van der Waals surface area contributed by atoms with Crippen molar-refractivity contribution in [3.63, 3.8) is 0 Å². The number of nitrogens with two attached hydrogens (primary N) is 1. The SMILES string of the molecule is CC(CCN)N1CCC(N(Cc2ccsc2)C(=O)Cc2ccsc2)CC1. The Morgan fingerprint density at radius 3 is 2.46 bits per heavy atom. The molecule has 0 radical (unpaired) electrons. The normalized spacial score (nSPS) is 17.3. The van der Waals surface area contributed by atoms with Gasteiger partial charge in [-0.25, -0.2) is 0 Å². The van der Waals surface area contributed by atoms with Crippen molar-refractivity contribution in [1.29, 1.82) is 0 Å². The number of nitrogens with zero attached hydrogens (tertiary/aromatic N) is 2. The fourth-order valence-electron chi connectivity index (χ4n) is 3.73. The first-order valence-corrected chi connectivity index (χ1v) is 11.3. The molecule has 3 heterocycles. The van der Waals surface area contributed by atoms with Crippen LogP contribution >= 0.6 is 22.7 Å². The Labute approximate surface area is 164 Å². The van der Waals surface area contributed by atoms with Crippen molar-refractivity contribution in [1.82, 2.24) is 9.80 Å². The van der Waals surface area contributed by atoms with E-state index in [1.54, 1.807) is 22.7 Å². The van der Waals surface area contributed by atoms with Gasteiger partial charge in [-0.05, 0) is 77.5 Å². The molecule has 1 aliphatic rings. The van der Waals surface area contributed by atoms with E-state index in [1.165, 1.54) is 5.56 Å². The maximum atomic E-state index is 13.1. The Hall–Kier alpha value is -1.21. The van der Waals surface area contributed by atoms with Crippen LogP contribution in [-0.4, -0.2) is 47.4 Å². The predicted octanol–water partition coefficient (Wildman–Crippen LogP) is 3.58. The second kappa shape index (κ2) is 9.65. The van der Waals surface area contributed by atoms with E-state index in [9.17, 15) is 4.79 Å². The number of amides is 1. The summed E-state index contributed by atoms with van der Waals surface area (Å²) in [6.07, 6.45) is 3.65. The van der Waals surface area contributed by atoms with Gasteiger partial charge in [0.1, 0.15) is 0 Å². The van der Waals surface area contributed by atoms with E-state index in [0.29, 0.717) is 18.5 Å². The number of piperidine rings is 1. The van der Waals surface area contributed by atoms with E-state index in [4.69, 9.17) is 5.73 Å². The number of carbonyl (C=O) groups excluding carboxylic acids is 1. The van der Waals surface area contributed by atoms with Gasteiger partial charge < -0.3 is 15.5 Å². The monoisotopic (exact) mass is 391 g/mol. The highest BCUT2D eigenvalue weighted by molar-refractivity contribution is 7.08. The summed E-state index contributed by atoms with van der Waals surface area (Å²) in [6.45, 7) is 5.84. The molecule has 0 saturated carbocycles. The second-order valence-electron chi connectivity index (χ2n) is 7.16. The van der Waals surface area contributed by atoms with Gasteiger partial charge in [-0.2, -0.15) is 22.7 Å². The van der Waals surface area contributed by atoms with Crippen molar-refractivity contribution >= 4 is 28.6 Å². The van der Waals surface area contributed by atoms with E-state index < -0.39 is 0 Å². The number of thiophene rings is 2. The third-order valence-corrected chi connectivity index (χ3v) is 6.80. The van der Waals surface area contributed by atoms with Gasteiger partial charge in [-0.15, -0.1) is 0 Å². The number of likely N-dealkylation sites (tertiary alicyclic amines) is 1. The topological polar surface area (TPSA) is 49.6 Å². The lowest BCUT2D eigenvalue weighted by Gasteiger charge is -2.40. The Kier molecular flexibility index (Phi) is 7.25. The van der Waals surface area contributed by atoms with Gasteiger partial charge in [0, 0.05) is 31.7 Å². The Balaban J connectivity index is 1.64. The molecular formula is C20H29N3OS2. The number of hydrogen-bond donors (Lipinski definition) is 1. The third-order valence-electron chi connectivity index (χ3n) is 5.34. The number of carbonyl (C=O) groups is 1. The molecule has 4 nitrogen and oxygen atoms in total. The Morgan fingerprint density at radius 1 is 1.23 bits per heavy atom. The molecule has 2 aromatic heterocycles. The van der Waals surface area contributed by atoms with Gasteiger partial charge in [-0.3, -0.25) is 4.79 Å². The summed E-state index contributed by atoms with van der Waals surface area (Å²) in [5.41, 5.74) is 8.09. The van der Waals surface area contributed by atoms with Crippen LogP contribution in [0.5, 0.6) is 0 Å². The first-order valence-electron chi connectivity index (χ1n) is 9.43.